The van der Waals surface area contributed by atoms with Gasteiger partial charge >= 0.3 is 0 Å². The van der Waals surface area contributed by atoms with Crippen LogP contribution < -0.4 is 10.5 Å². The van der Waals surface area contributed by atoms with E-state index in [1.807, 2.05) is 0 Å². The van der Waals surface area contributed by atoms with Gasteiger partial charge in [0.1, 0.15) is 4.90 Å². The third-order valence-corrected chi connectivity index (χ3v) is 5.61. The number of hydrogen-bond acceptors (Lipinski definition) is 5. The smallest absolute Gasteiger partial charge is 0.244 e. The second kappa shape index (κ2) is 6.02. The number of aromatic nitrogens is 2. The number of oxime groups is 1. The van der Waals surface area contributed by atoms with Crippen LogP contribution in [-0.4, -0.2) is 35.2 Å². The minimum Gasteiger partial charge on any atom is -0.409 e. The molecule has 0 aliphatic heterocycles. The minimum absolute atomic E-state index is 0.0804. The van der Waals surface area contributed by atoms with Crippen molar-refractivity contribution in [3.8, 4) is 0 Å². The van der Waals surface area contributed by atoms with Crippen molar-refractivity contribution in [1.82, 2.24) is 14.9 Å². The summed E-state index contributed by atoms with van der Waals surface area (Å²) in [5.74, 6) is -0.0888. The van der Waals surface area contributed by atoms with E-state index in [-0.39, 0.29) is 10.7 Å². The maximum Gasteiger partial charge on any atom is 0.244 e. The summed E-state index contributed by atoms with van der Waals surface area (Å²) in [7, 11) is -3.79. The van der Waals surface area contributed by atoms with Crippen molar-refractivity contribution in [2.24, 2.45) is 10.9 Å². The Labute approximate surface area is 123 Å². The topological polar surface area (TPSA) is 133 Å². The van der Waals surface area contributed by atoms with E-state index in [1.165, 1.54) is 6.20 Å². The Morgan fingerprint density at radius 1 is 1.43 bits per heavy atom. The first-order valence-corrected chi connectivity index (χ1v) is 8.41. The zero-order valence-corrected chi connectivity index (χ0v) is 12.8. The molecule has 1 saturated carbocycles. The van der Waals surface area contributed by atoms with Gasteiger partial charge in [-0.1, -0.05) is 30.8 Å². The van der Waals surface area contributed by atoms with Gasteiger partial charge in [-0.25, -0.2) is 8.42 Å². The van der Waals surface area contributed by atoms with Gasteiger partial charge in [0.25, 0.3) is 0 Å². The number of aromatic amines is 1. The van der Waals surface area contributed by atoms with E-state index in [2.05, 4.69) is 20.1 Å². The van der Waals surface area contributed by atoms with Gasteiger partial charge in [0.2, 0.25) is 10.0 Å². The van der Waals surface area contributed by atoms with Crippen molar-refractivity contribution in [2.75, 3.05) is 0 Å². The van der Waals surface area contributed by atoms with E-state index >= 15 is 0 Å². The van der Waals surface area contributed by atoms with Crippen LogP contribution in [0.25, 0.3) is 0 Å². The third-order valence-electron chi connectivity index (χ3n) is 3.96. The van der Waals surface area contributed by atoms with Crippen LogP contribution in [0.3, 0.4) is 0 Å². The van der Waals surface area contributed by atoms with E-state index < -0.39 is 15.6 Å². The average molecular weight is 315 g/mol. The van der Waals surface area contributed by atoms with Gasteiger partial charge in [0.05, 0.1) is 17.4 Å². The van der Waals surface area contributed by atoms with E-state index in [0.29, 0.717) is 18.5 Å². The molecule has 0 aromatic carbocycles. The Bertz CT molecular complexity index is 615. The Balaban J connectivity index is 2.37. The van der Waals surface area contributed by atoms with E-state index in [4.69, 9.17) is 10.9 Å². The van der Waals surface area contributed by atoms with Gasteiger partial charge in [-0.3, -0.25) is 5.10 Å². The molecule has 1 aliphatic carbocycles. The molecule has 1 aromatic heterocycles. The van der Waals surface area contributed by atoms with E-state index in [9.17, 15) is 8.42 Å². The standard InChI is InChI=1S/C12H21N5O3S/c1-9-10(8-14-15-9)21(19,20)17-12(11(13)16-18)6-4-2-3-5-7-12/h8,17-18H,2-7H2,1H3,(H2,13,16)(H,14,15). The lowest BCUT2D eigenvalue weighted by molar-refractivity contribution is 0.306. The largest absolute Gasteiger partial charge is 0.409 e. The van der Waals surface area contributed by atoms with Gasteiger partial charge in [-0.2, -0.15) is 9.82 Å². The maximum absolute atomic E-state index is 12.6. The Hall–Kier alpha value is -1.61. The first kappa shape index (κ1) is 15.8. The average Bonchev–Trinajstić information content (AvgIpc) is 2.74. The molecule has 0 radical (unpaired) electrons. The summed E-state index contributed by atoms with van der Waals surface area (Å²) in [6.45, 7) is 1.63. The highest BCUT2D eigenvalue weighted by molar-refractivity contribution is 7.89. The maximum atomic E-state index is 12.6. The molecule has 8 nitrogen and oxygen atoms in total. The second-order valence-electron chi connectivity index (χ2n) is 5.45. The summed E-state index contributed by atoms with van der Waals surface area (Å²) in [4.78, 5) is 0.0804. The molecule has 118 valence electrons. The summed E-state index contributed by atoms with van der Waals surface area (Å²) in [6, 6.07) is 0. The normalized spacial score (nSPS) is 20.1. The number of nitrogens with one attached hydrogen (secondary N) is 2. The lowest BCUT2D eigenvalue weighted by Gasteiger charge is -2.31. The first-order chi connectivity index (χ1) is 9.91. The molecule has 0 unspecified atom stereocenters. The highest BCUT2D eigenvalue weighted by Gasteiger charge is 2.40. The molecule has 21 heavy (non-hydrogen) atoms. The number of aryl methyl sites for hydroxylation is 1. The van der Waals surface area contributed by atoms with Crippen molar-refractivity contribution in [2.45, 2.75) is 55.9 Å². The summed E-state index contributed by atoms with van der Waals surface area (Å²) < 4.78 is 27.8. The fourth-order valence-corrected chi connectivity index (χ4v) is 4.33. The van der Waals surface area contributed by atoms with Crippen LogP contribution in [0.5, 0.6) is 0 Å². The first-order valence-electron chi connectivity index (χ1n) is 6.93. The summed E-state index contributed by atoms with van der Waals surface area (Å²) in [6.07, 6.45) is 5.94. The molecule has 2 rings (SSSR count). The highest BCUT2D eigenvalue weighted by atomic mass is 32.2. The quantitative estimate of drug-likeness (QED) is 0.215. The molecule has 0 amide bonds. The number of rotatable bonds is 4. The number of H-pyrrole nitrogens is 1. The molecule has 0 bridgehead atoms. The number of amidine groups is 1. The SMILES string of the molecule is Cc1[nH]ncc1S(=O)(=O)NC1(/C(N)=N/O)CCCCCC1. The van der Waals surface area contributed by atoms with Crippen LogP contribution in [0.4, 0.5) is 0 Å². The predicted molar refractivity (Wildman–Crippen MR) is 77.5 cm³/mol. The van der Waals surface area contributed by atoms with Gasteiger partial charge in [-0.15, -0.1) is 0 Å². The van der Waals surface area contributed by atoms with E-state index in [1.54, 1.807) is 6.92 Å². The van der Waals surface area contributed by atoms with Crippen LogP contribution in [0, 0.1) is 6.92 Å². The molecule has 0 atom stereocenters. The number of nitrogens with zero attached hydrogens (tertiary/aromatic N) is 2. The molecule has 0 spiro atoms. The van der Waals surface area contributed by atoms with Crippen LogP contribution in [0.1, 0.15) is 44.2 Å². The molecule has 1 fully saturated rings. The molecule has 1 heterocycles. The monoisotopic (exact) mass is 315 g/mol. The molecule has 1 aliphatic rings. The fraction of sp³-hybridized carbons (Fsp3) is 0.667. The lowest BCUT2D eigenvalue weighted by atomic mass is 9.90. The summed E-state index contributed by atoms with van der Waals surface area (Å²) >= 11 is 0. The van der Waals surface area contributed by atoms with Crippen molar-refractivity contribution in [3.63, 3.8) is 0 Å². The zero-order chi connectivity index (χ0) is 15.5. The molecule has 0 saturated heterocycles. The molecule has 5 N–H and O–H groups in total. The highest BCUT2D eigenvalue weighted by Crippen LogP contribution is 2.29. The second-order valence-corrected chi connectivity index (χ2v) is 7.10. The van der Waals surface area contributed by atoms with E-state index in [0.717, 1.165) is 25.7 Å². The van der Waals surface area contributed by atoms with Gasteiger partial charge < -0.3 is 10.9 Å². The van der Waals surface area contributed by atoms with Gasteiger partial charge in [0.15, 0.2) is 5.84 Å². The molecular formula is C12H21N5O3S. The molecule has 1 aromatic rings. The van der Waals surface area contributed by atoms with Gasteiger partial charge in [-0.05, 0) is 19.8 Å². The van der Waals surface area contributed by atoms with Crippen LogP contribution in [-0.2, 0) is 10.0 Å². The zero-order valence-electron chi connectivity index (χ0n) is 12.0. The van der Waals surface area contributed by atoms with Crippen molar-refractivity contribution >= 4 is 15.9 Å². The molecular weight excluding hydrogens is 294 g/mol. The van der Waals surface area contributed by atoms with Crippen LogP contribution in [0.2, 0.25) is 0 Å². The Morgan fingerprint density at radius 3 is 2.52 bits per heavy atom. The third kappa shape index (κ3) is 3.18. The van der Waals surface area contributed by atoms with Crippen LogP contribution in [0.15, 0.2) is 16.2 Å². The Morgan fingerprint density at radius 2 is 2.05 bits per heavy atom. The predicted octanol–water partition coefficient (Wildman–Crippen LogP) is 0.836. The summed E-state index contributed by atoms with van der Waals surface area (Å²) in [5, 5.41) is 18.4. The van der Waals surface area contributed by atoms with Gasteiger partial charge in [0, 0.05) is 0 Å². The van der Waals surface area contributed by atoms with Crippen molar-refractivity contribution in [3.05, 3.63) is 11.9 Å². The fourth-order valence-electron chi connectivity index (χ4n) is 2.76. The van der Waals surface area contributed by atoms with Crippen molar-refractivity contribution in [1.29, 1.82) is 0 Å². The lowest BCUT2D eigenvalue weighted by Crippen LogP contribution is -2.57. The van der Waals surface area contributed by atoms with Crippen molar-refractivity contribution < 1.29 is 13.6 Å². The minimum atomic E-state index is -3.79. The molecule has 9 heteroatoms. The summed E-state index contributed by atoms with van der Waals surface area (Å²) in [5.41, 5.74) is 5.22. The van der Waals surface area contributed by atoms with Crippen LogP contribution >= 0.6 is 0 Å². The number of hydrogen-bond donors (Lipinski definition) is 4. The number of sulfonamides is 1. The Kier molecular flexibility index (Phi) is 4.52. The number of nitrogens with two attached hydrogens (primary N) is 1.